The van der Waals surface area contributed by atoms with Crippen LogP contribution in [0.5, 0.6) is 23.0 Å². The van der Waals surface area contributed by atoms with E-state index in [2.05, 4.69) is 188 Å². The van der Waals surface area contributed by atoms with Gasteiger partial charge in [-0.1, -0.05) is 143 Å². The molecule has 2 saturated heterocycles. The summed E-state index contributed by atoms with van der Waals surface area (Å²) in [5.74, 6) is 1.59. The van der Waals surface area contributed by atoms with Gasteiger partial charge in [-0.05, 0) is 194 Å². The van der Waals surface area contributed by atoms with E-state index in [1.807, 2.05) is 13.8 Å². The zero-order valence-corrected chi connectivity index (χ0v) is 57.2. The van der Waals surface area contributed by atoms with Gasteiger partial charge in [0.1, 0.15) is 23.1 Å². The van der Waals surface area contributed by atoms with Crippen molar-refractivity contribution in [1.29, 1.82) is 0 Å². The standard InChI is InChI=1S/C83H96F2N2O6/c1-13-15-26-55-34-36-63-61-28-17-19-30-69(61)86(71(63)44-55)73-48-57(82(8,9)10)46-65(79(73)92-75-32-21-23-38-88-75)67-50-59(84)42-53(3)77(67)90-40-25-41-91-78-54(4)43-60(85)51-68(78)66-47-58(83(11,12)52-81(5,6)7)49-74(80(66)93-76-33-22-24-39-89-76)87-70-31-20-18-29-62(70)64-37-35-56(27-16-14-2)45-72(64)87/h17-20,28-31,34-37,42-51,75-76H,13-16,21-27,32-33,38-41,52H2,1-12H3. The number of hydrogen-bond donors (Lipinski definition) is 0. The van der Waals surface area contributed by atoms with Crippen LogP contribution in [0.25, 0.3) is 77.2 Å². The van der Waals surface area contributed by atoms with Crippen LogP contribution in [0, 0.1) is 30.9 Å². The fraction of sp³-hybridized carbons (Fsp3) is 0.422. The molecule has 2 fully saturated rings. The molecule has 10 heteroatoms. The lowest BCUT2D eigenvalue weighted by atomic mass is 9.71. The Labute approximate surface area is 550 Å². The highest BCUT2D eigenvalue weighted by Gasteiger charge is 2.34. The average molecular weight is 1260 g/mol. The first-order valence-corrected chi connectivity index (χ1v) is 34.5. The van der Waals surface area contributed by atoms with E-state index in [0.717, 1.165) is 161 Å². The number of fused-ring (bicyclic) bond motifs is 6. The summed E-state index contributed by atoms with van der Waals surface area (Å²) in [6.07, 6.45) is 11.9. The molecule has 0 radical (unpaired) electrons. The fourth-order valence-corrected chi connectivity index (χ4v) is 14.6. The molecule has 0 saturated carbocycles. The molecule has 4 heterocycles. The Morgan fingerprint density at radius 2 is 0.892 bits per heavy atom. The van der Waals surface area contributed by atoms with E-state index in [0.29, 0.717) is 64.9 Å². The van der Waals surface area contributed by atoms with Crippen LogP contribution in [-0.4, -0.2) is 48.1 Å². The molecule has 0 amide bonds. The monoisotopic (exact) mass is 1250 g/mol. The SMILES string of the molecule is CCCCc1ccc2c3ccccc3n(-c3cc(C(C)(C)C)cc(-c4cc(F)cc(C)c4OCCCOc4c(C)cc(F)cc4-c4cc(C(C)(C)CC(C)(C)C)cc(-n5c6ccccc6c6ccc(CCCC)cc65)c4OC4CCCCO4)c3OC3CCCCO3)c2c1. The topological polar surface area (TPSA) is 65.2 Å². The van der Waals surface area contributed by atoms with E-state index < -0.39 is 12.6 Å². The fourth-order valence-electron chi connectivity index (χ4n) is 14.6. The van der Waals surface area contributed by atoms with Gasteiger partial charge in [-0.15, -0.1) is 0 Å². The molecule has 0 aliphatic carbocycles. The minimum Gasteiger partial charge on any atom is -0.493 e. The lowest BCUT2D eigenvalue weighted by Crippen LogP contribution is -2.27. The summed E-state index contributed by atoms with van der Waals surface area (Å²) in [5.41, 5.74) is 14.0. The minimum atomic E-state index is -0.517. The molecule has 0 N–H and O–H groups in total. The predicted octanol–water partition coefficient (Wildman–Crippen LogP) is 22.5. The predicted molar refractivity (Wildman–Crippen MR) is 379 cm³/mol. The van der Waals surface area contributed by atoms with Crippen LogP contribution in [0.4, 0.5) is 8.78 Å². The quantitative estimate of drug-likeness (QED) is 0.0630. The first kappa shape index (κ1) is 65.4. The Balaban J connectivity index is 0.954. The molecule has 2 aliphatic rings. The lowest BCUT2D eigenvalue weighted by Gasteiger charge is -2.35. The van der Waals surface area contributed by atoms with Crippen molar-refractivity contribution in [2.45, 2.75) is 196 Å². The molecule has 2 atom stereocenters. The van der Waals surface area contributed by atoms with Gasteiger partial charge in [-0.3, -0.25) is 0 Å². The zero-order chi connectivity index (χ0) is 65.3. The molecule has 8 aromatic carbocycles. The Morgan fingerprint density at radius 3 is 1.32 bits per heavy atom. The first-order chi connectivity index (χ1) is 44.7. The van der Waals surface area contributed by atoms with Gasteiger partial charge in [-0.25, -0.2) is 8.78 Å². The summed E-state index contributed by atoms with van der Waals surface area (Å²) in [4.78, 5) is 0. The Kier molecular flexibility index (Phi) is 19.2. The van der Waals surface area contributed by atoms with Crippen molar-refractivity contribution in [1.82, 2.24) is 9.13 Å². The Bertz CT molecular complexity index is 4330. The van der Waals surface area contributed by atoms with Crippen molar-refractivity contribution in [2.75, 3.05) is 26.4 Å². The summed E-state index contributed by atoms with van der Waals surface area (Å²) in [5, 5.41) is 4.60. The third-order valence-electron chi connectivity index (χ3n) is 19.0. The largest absolute Gasteiger partial charge is 0.493 e. The molecular weight excluding hydrogens is 1160 g/mol. The molecule has 8 nitrogen and oxygen atoms in total. The van der Waals surface area contributed by atoms with Crippen LogP contribution in [-0.2, 0) is 33.1 Å². The maximum atomic E-state index is 16.6. The van der Waals surface area contributed by atoms with Crippen LogP contribution in [0.1, 0.15) is 180 Å². The van der Waals surface area contributed by atoms with Gasteiger partial charge in [0.15, 0.2) is 24.1 Å². The molecule has 2 unspecified atom stereocenters. The molecule has 0 bridgehead atoms. The van der Waals surface area contributed by atoms with Crippen LogP contribution >= 0.6 is 0 Å². The van der Waals surface area contributed by atoms with E-state index in [1.54, 1.807) is 24.3 Å². The Hall–Kier alpha value is -7.66. The number of benzene rings is 8. The number of aryl methyl sites for hydroxylation is 4. The van der Waals surface area contributed by atoms with Gasteiger partial charge in [0, 0.05) is 63.1 Å². The molecule has 2 aliphatic heterocycles. The maximum absolute atomic E-state index is 16.6. The molecular formula is C83H96F2N2O6. The van der Waals surface area contributed by atoms with Crippen molar-refractivity contribution in [3.05, 3.63) is 178 Å². The summed E-state index contributed by atoms with van der Waals surface area (Å²) >= 11 is 0. The average Bonchev–Trinajstić information content (AvgIpc) is 1.66. The summed E-state index contributed by atoms with van der Waals surface area (Å²) in [6, 6.07) is 46.3. The minimum absolute atomic E-state index is 0.0138. The van der Waals surface area contributed by atoms with Crippen LogP contribution < -0.4 is 18.9 Å². The van der Waals surface area contributed by atoms with Gasteiger partial charge in [0.2, 0.25) is 0 Å². The van der Waals surface area contributed by atoms with E-state index in [-0.39, 0.29) is 41.1 Å². The smallest absolute Gasteiger partial charge is 0.199 e. The van der Waals surface area contributed by atoms with Gasteiger partial charge in [0.25, 0.3) is 0 Å². The number of ether oxygens (including phenoxy) is 6. The van der Waals surface area contributed by atoms with Crippen molar-refractivity contribution < 1.29 is 37.2 Å². The van der Waals surface area contributed by atoms with Crippen molar-refractivity contribution in [3.8, 4) is 56.6 Å². The van der Waals surface area contributed by atoms with Crippen LogP contribution in [0.2, 0.25) is 0 Å². The number of unbranched alkanes of at least 4 members (excludes halogenated alkanes) is 2. The second kappa shape index (κ2) is 27.4. The van der Waals surface area contributed by atoms with E-state index in [1.165, 1.54) is 11.1 Å². The molecule has 93 heavy (non-hydrogen) atoms. The van der Waals surface area contributed by atoms with Crippen molar-refractivity contribution in [3.63, 3.8) is 0 Å². The van der Waals surface area contributed by atoms with Crippen LogP contribution in [0.15, 0.2) is 133 Å². The molecule has 10 aromatic rings. The second-order valence-corrected chi connectivity index (χ2v) is 29.3. The first-order valence-electron chi connectivity index (χ1n) is 34.5. The maximum Gasteiger partial charge on any atom is 0.199 e. The summed E-state index contributed by atoms with van der Waals surface area (Å²) in [7, 11) is 0. The number of aromatic nitrogens is 2. The van der Waals surface area contributed by atoms with Gasteiger partial charge < -0.3 is 37.6 Å². The van der Waals surface area contributed by atoms with Crippen LogP contribution in [0.3, 0.4) is 0 Å². The number of para-hydroxylation sites is 2. The Morgan fingerprint density at radius 1 is 0.462 bits per heavy atom. The highest BCUT2D eigenvalue weighted by Crippen LogP contribution is 2.51. The zero-order valence-electron chi connectivity index (χ0n) is 57.2. The number of nitrogens with zero attached hydrogens (tertiary/aromatic N) is 2. The second-order valence-electron chi connectivity index (χ2n) is 29.3. The van der Waals surface area contributed by atoms with Crippen molar-refractivity contribution >= 4 is 43.6 Å². The van der Waals surface area contributed by atoms with Gasteiger partial charge in [0.05, 0.1) is 59.9 Å². The van der Waals surface area contributed by atoms with Gasteiger partial charge in [-0.2, -0.15) is 0 Å². The highest BCUT2D eigenvalue weighted by molar-refractivity contribution is 6.11. The van der Waals surface area contributed by atoms with Gasteiger partial charge >= 0.3 is 0 Å². The van der Waals surface area contributed by atoms with Crippen molar-refractivity contribution in [2.24, 2.45) is 5.41 Å². The van der Waals surface area contributed by atoms with E-state index >= 15 is 8.78 Å². The molecule has 488 valence electrons. The molecule has 12 rings (SSSR count). The number of hydrogen-bond acceptors (Lipinski definition) is 6. The normalized spacial score (nSPS) is 15.8. The lowest BCUT2D eigenvalue weighted by molar-refractivity contribution is -0.105. The highest BCUT2D eigenvalue weighted by atomic mass is 19.1. The summed E-state index contributed by atoms with van der Waals surface area (Å²) < 4.78 is 79.2. The van der Waals surface area contributed by atoms with E-state index in [4.69, 9.17) is 28.4 Å². The third-order valence-corrected chi connectivity index (χ3v) is 19.0. The number of halogens is 2. The third kappa shape index (κ3) is 14.0. The molecule has 0 spiro atoms. The molecule has 2 aromatic heterocycles. The summed E-state index contributed by atoms with van der Waals surface area (Å²) in [6.45, 7) is 28.1. The number of rotatable bonds is 22. The van der Waals surface area contributed by atoms with E-state index in [9.17, 15) is 0 Å².